The van der Waals surface area contributed by atoms with Crippen LogP contribution in [0.25, 0.3) is 0 Å². The Morgan fingerprint density at radius 2 is 1.77 bits per heavy atom. The fourth-order valence-corrected chi connectivity index (χ4v) is 2.62. The Labute approximate surface area is 129 Å². The molecule has 0 radical (unpaired) electrons. The second-order valence-corrected chi connectivity index (χ2v) is 5.43. The van der Waals surface area contributed by atoms with Gasteiger partial charge in [-0.05, 0) is 49.6 Å². The molecule has 0 saturated heterocycles. The standard InChI is InChI=1S/C19H17NO2/c1-13(21)14-8-10-17(11-9-14)20-12-16-7-6-15-4-2-3-5-18(15)19(16)22/h2-5,8-12,20H,6-7H2,1H3. The zero-order valence-corrected chi connectivity index (χ0v) is 12.4. The molecule has 0 heterocycles. The molecule has 22 heavy (non-hydrogen) atoms. The molecule has 3 rings (SSSR count). The van der Waals surface area contributed by atoms with Gasteiger partial charge in [0.1, 0.15) is 0 Å². The second kappa shape index (κ2) is 5.98. The third kappa shape index (κ3) is 2.84. The van der Waals surface area contributed by atoms with Crippen LogP contribution < -0.4 is 5.32 Å². The third-order valence-electron chi connectivity index (χ3n) is 3.92. The summed E-state index contributed by atoms with van der Waals surface area (Å²) >= 11 is 0. The van der Waals surface area contributed by atoms with Crippen LogP contribution in [0.2, 0.25) is 0 Å². The van der Waals surface area contributed by atoms with Gasteiger partial charge in [-0.2, -0.15) is 0 Å². The molecular weight excluding hydrogens is 274 g/mol. The average molecular weight is 291 g/mol. The van der Waals surface area contributed by atoms with Crippen molar-refractivity contribution in [2.45, 2.75) is 19.8 Å². The lowest BCUT2D eigenvalue weighted by molar-refractivity contribution is 0.101. The van der Waals surface area contributed by atoms with Crippen molar-refractivity contribution in [1.29, 1.82) is 0 Å². The zero-order valence-electron chi connectivity index (χ0n) is 12.4. The van der Waals surface area contributed by atoms with Crippen LogP contribution in [0.1, 0.15) is 39.6 Å². The monoisotopic (exact) mass is 291 g/mol. The van der Waals surface area contributed by atoms with Crippen LogP contribution in [0.3, 0.4) is 0 Å². The van der Waals surface area contributed by atoms with Crippen molar-refractivity contribution in [2.75, 3.05) is 5.32 Å². The summed E-state index contributed by atoms with van der Waals surface area (Å²) in [5.41, 5.74) is 4.25. The van der Waals surface area contributed by atoms with Crippen molar-refractivity contribution in [1.82, 2.24) is 0 Å². The number of ketones is 2. The Morgan fingerprint density at radius 3 is 2.50 bits per heavy atom. The number of fused-ring (bicyclic) bond motifs is 1. The van der Waals surface area contributed by atoms with Gasteiger partial charge in [0.15, 0.2) is 11.6 Å². The average Bonchev–Trinajstić information content (AvgIpc) is 2.55. The molecule has 0 spiro atoms. The van der Waals surface area contributed by atoms with Crippen molar-refractivity contribution in [2.24, 2.45) is 0 Å². The fourth-order valence-electron chi connectivity index (χ4n) is 2.62. The number of nitrogens with one attached hydrogen (secondary N) is 1. The number of allylic oxidation sites excluding steroid dienone is 1. The molecular formula is C19H17NO2. The van der Waals surface area contributed by atoms with Gasteiger partial charge in [0.2, 0.25) is 0 Å². The highest BCUT2D eigenvalue weighted by Crippen LogP contribution is 2.25. The number of hydrogen-bond acceptors (Lipinski definition) is 3. The molecule has 0 fully saturated rings. The summed E-state index contributed by atoms with van der Waals surface area (Å²) in [6, 6.07) is 15.0. The Kier molecular flexibility index (Phi) is 3.88. The van der Waals surface area contributed by atoms with E-state index in [4.69, 9.17) is 0 Å². The van der Waals surface area contributed by atoms with Crippen molar-refractivity contribution >= 4 is 17.3 Å². The molecule has 0 bridgehead atoms. The lowest BCUT2D eigenvalue weighted by Gasteiger charge is -2.17. The Balaban J connectivity index is 1.76. The van der Waals surface area contributed by atoms with Gasteiger partial charge in [-0.1, -0.05) is 24.3 Å². The van der Waals surface area contributed by atoms with Gasteiger partial charge in [0.05, 0.1) is 0 Å². The summed E-state index contributed by atoms with van der Waals surface area (Å²) in [7, 11) is 0. The van der Waals surface area contributed by atoms with Gasteiger partial charge in [-0.3, -0.25) is 9.59 Å². The number of carbonyl (C=O) groups is 2. The molecule has 110 valence electrons. The van der Waals surface area contributed by atoms with Crippen molar-refractivity contribution in [3.8, 4) is 0 Å². The minimum atomic E-state index is 0.0453. The summed E-state index contributed by atoms with van der Waals surface area (Å²) in [5, 5.41) is 3.15. The maximum absolute atomic E-state index is 12.4. The lowest BCUT2D eigenvalue weighted by atomic mass is 9.87. The molecule has 0 aliphatic heterocycles. The first-order chi connectivity index (χ1) is 10.6. The van der Waals surface area contributed by atoms with Gasteiger partial charge in [-0.25, -0.2) is 0 Å². The number of anilines is 1. The van der Waals surface area contributed by atoms with E-state index in [9.17, 15) is 9.59 Å². The van der Waals surface area contributed by atoms with E-state index in [0.717, 1.165) is 35.2 Å². The van der Waals surface area contributed by atoms with Crippen LogP contribution in [0.5, 0.6) is 0 Å². The number of carbonyl (C=O) groups excluding carboxylic acids is 2. The highest BCUT2D eigenvalue weighted by Gasteiger charge is 2.20. The predicted molar refractivity (Wildman–Crippen MR) is 87.2 cm³/mol. The number of aryl methyl sites for hydroxylation is 1. The van der Waals surface area contributed by atoms with Gasteiger partial charge in [0, 0.05) is 28.6 Å². The summed E-state index contributed by atoms with van der Waals surface area (Å²) in [6.07, 6.45) is 3.41. The Hall–Kier alpha value is -2.68. The topological polar surface area (TPSA) is 46.2 Å². The van der Waals surface area contributed by atoms with Gasteiger partial charge in [0.25, 0.3) is 0 Å². The molecule has 3 nitrogen and oxygen atoms in total. The second-order valence-electron chi connectivity index (χ2n) is 5.43. The van der Waals surface area contributed by atoms with E-state index in [1.165, 1.54) is 0 Å². The summed E-state index contributed by atoms with van der Waals surface area (Å²) < 4.78 is 0. The van der Waals surface area contributed by atoms with Crippen LogP contribution in [0, 0.1) is 0 Å². The summed E-state index contributed by atoms with van der Waals surface area (Å²) in [5.74, 6) is 0.138. The number of hydrogen-bond donors (Lipinski definition) is 1. The van der Waals surface area contributed by atoms with E-state index in [1.54, 1.807) is 25.3 Å². The third-order valence-corrected chi connectivity index (χ3v) is 3.92. The summed E-state index contributed by atoms with van der Waals surface area (Å²) in [4.78, 5) is 23.7. The molecule has 1 N–H and O–H groups in total. The summed E-state index contributed by atoms with van der Waals surface area (Å²) in [6.45, 7) is 1.54. The van der Waals surface area contributed by atoms with Crippen LogP contribution >= 0.6 is 0 Å². The molecule has 3 heteroatoms. The maximum atomic E-state index is 12.4. The molecule has 0 amide bonds. The fraction of sp³-hybridized carbons (Fsp3) is 0.158. The number of rotatable bonds is 3. The van der Waals surface area contributed by atoms with Crippen LogP contribution in [0.4, 0.5) is 5.69 Å². The molecule has 0 atom stereocenters. The minimum absolute atomic E-state index is 0.0453. The van der Waals surface area contributed by atoms with Crippen LogP contribution in [0.15, 0.2) is 60.3 Å². The Bertz CT molecular complexity index is 757. The van der Waals surface area contributed by atoms with Crippen molar-refractivity contribution in [3.63, 3.8) is 0 Å². The highest BCUT2D eigenvalue weighted by molar-refractivity contribution is 6.10. The molecule has 0 saturated carbocycles. The lowest BCUT2D eigenvalue weighted by Crippen LogP contribution is -2.15. The van der Waals surface area contributed by atoms with E-state index in [1.807, 2.05) is 36.4 Å². The Morgan fingerprint density at radius 1 is 1.05 bits per heavy atom. The normalized spacial score (nSPS) is 15.5. The van der Waals surface area contributed by atoms with E-state index >= 15 is 0 Å². The van der Waals surface area contributed by atoms with E-state index in [-0.39, 0.29) is 11.6 Å². The first-order valence-electron chi connectivity index (χ1n) is 7.34. The van der Waals surface area contributed by atoms with Gasteiger partial charge in [-0.15, -0.1) is 0 Å². The highest BCUT2D eigenvalue weighted by atomic mass is 16.1. The number of benzene rings is 2. The SMILES string of the molecule is CC(=O)c1ccc(NC=C2CCc3ccccc3C2=O)cc1. The molecule has 0 aromatic heterocycles. The predicted octanol–water partition coefficient (Wildman–Crippen LogP) is 4.01. The molecule has 2 aromatic rings. The molecule has 2 aromatic carbocycles. The molecule has 1 aliphatic rings. The smallest absolute Gasteiger partial charge is 0.190 e. The van der Waals surface area contributed by atoms with Gasteiger partial charge < -0.3 is 5.32 Å². The van der Waals surface area contributed by atoms with E-state index in [0.29, 0.717) is 5.56 Å². The molecule has 0 unspecified atom stereocenters. The van der Waals surface area contributed by atoms with Crippen molar-refractivity contribution in [3.05, 3.63) is 77.0 Å². The van der Waals surface area contributed by atoms with Crippen LogP contribution in [-0.4, -0.2) is 11.6 Å². The van der Waals surface area contributed by atoms with E-state index < -0.39 is 0 Å². The molecule has 1 aliphatic carbocycles. The minimum Gasteiger partial charge on any atom is -0.361 e. The van der Waals surface area contributed by atoms with E-state index in [2.05, 4.69) is 5.32 Å². The zero-order chi connectivity index (χ0) is 15.5. The first kappa shape index (κ1) is 14.3. The largest absolute Gasteiger partial charge is 0.361 e. The van der Waals surface area contributed by atoms with Gasteiger partial charge >= 0.3 is 0 Å². The van der Waals surface area contributed by atoms with Crippen LogP contribution in [-0.2, 0) is 6.42 Å². The first-order valence-corrected chi connectivity index (χ1v) is 7.34. The quantitative estimate of drug-likeness (QED) is 0.686. The van der Waals surface area contributed by atoms with Crippen molar-refractivity contribution < 1.29 is 9.59 Å². The number of Topliss-reactive ketones (excluding diaryl/α,β-unsaturated/α-hetero) is 2. The maximum Gasteiger partial charge on any atom is 0.190 e.